The van der Waals surface area contributed by atoms with E-state index < -0.39 is 5.82 Å². The molecule has 12 aromatic rings. The molecule has 0 unspecified atom stereocenters. The van der Waals surface area contributed by atoms with Crippen LogP contribution in [0.25, 0.3) is 45.4 Å². The van der Waals surface area contributed by atoms with E-state index in [9.17, 15) is 24.2 Å². The van der Waals surface area contributed by atoms with Gasteiger partial charge in [-0.3, -0.25) is 24.3 Å². The number of benzene rings is 6. The van der Waals surface area contributed by atoms with Crippen molar-refractivity contribution < 1.29 is 28.9 Å². The van der Waals surface area contributed by atoms with Crippen molar-refractivity contribution >= 4 is 70.1 Å². The molecule has 13 rings (SSSR count). The third-order valence-corrected chi connectivity index (χ3v) is 20.2. The summed E-state index contributed by atoms with van der Waals surface area (Å²) in [5.41, 5.74) is 9.35. The monoisotopic (exact) mass is 1410 g/mol. The third kappa shape index (κ3) is 17.0. The highest BCUT2D eigenvalue weighted by molar-refractivity contribution is 7.99. The summed E-state index contributed by atoms with van der Waals surface area (Å²) in [6.07, 6.45) is 5.57. The summed E-state index contributed by atoms with van der Waals surface area (Å²) in [5.74, 6) is 1.49. The zero-order valence-electron chi connectivity index (χ0n) is 57.4. The van der Waals surface area contributed by atoms with Gasteiger partial charge < -0.3 is 30.5 Å². The van der Waals surface area contributed by atoms with Gasteiger partial charge in [-0.05, 0) is 146 Å². The lowest BCUT2D eigenvalue weighted by molar-refractivity contribution is 0.0342. The van der Waals surface area contributed by atoms with Crippen molar-refractivity contribution in [1.29, 1.82) is 0 Å². The number of anilines is 2. The predicted molar refractivity (Wildman–Crippen MR) is 395 cm³/mol. The van der Waals surface area contributed by atoms with Crippen LogP contribution in [-0.2, 0) is 41.7 Å². The Kier molecular flexibility index (Phi) is 21.9. The number of ether oxygens (including phenoxy) is 1. The summed E-state index contributed by atoms with van der Waals surface area (Å²) in [4.78, 5) is 35.1. The number of aromatic hydroxyl groups is 2. The first kappa shape index (κ1) is 70.8. The van der Waals surface area contributed by atoms with Gasteiger partial charge in [-0.1, -0.05) is 137 Å². The second-order valence-electron chi connectivity index (χ2n) is 26.2. The van der Waals surface area contributed by atoms with Crippen molar-refractivity contribution in [1.82, 2.24) is 69.2 Å². The number of hydrogen-bond acceptors (Lipinski definition) is 15. The maximum absolute atomic E-state index is 14.0. The van der Waals surface area contributed by atoms with Gasteiger partial charge >= 0.3 is 12.1 Å². The first-order valence-electron chi connectivity index (χ1n) is 33.3. The highest BCUT2D eigenvalue weighted by atomic mass is 35.5. The fourth-order valence-corrected chi connectivity index (χ4v) is 13.4. The number of amides is 4. The molecule has 0 spiro atoms. The molecule has 6 N–H and O–H groups in total. The highest BCUT2D eigenvalue weighted by Crippen LogP contribution is 2.38. The number of nitrogens with zero attached hydrogens (tertiary/aromatic N) is 12. The van der Waals surface area contributed by atoms with E-state index in [-0.39, 0.29) is 46.5 Å². The molecule has 0 aliphatic carbocycles. The number of pyridine rings is 2. The second kappa shape index (κ2) is 31.2. The molecule has 0 saturated carbocycles. The van der Waals surface area contributed by atoms with E-state index in [1.807, 2.05) is 149 Å². The standard InChI is InChI=1S/C39H41FN8O3S.C37H39ClN8O2S/c1-4-39(2,3)34-22-36(48(45-34)29-10-7-8-26(20-29)24-46-16-18-51-19-17-46)42-38(50)41-23-27-9-5-6-11-33(27)52-30-13-15-35-43-44-37(47(35)25-30)31-21-28(40)12-14-32(31)49;1-6-37(2,3)32-20-34(46(43-32)27-12-9-10-24(18-27)22-44(4)5)40-36(48)39-21-25-11-7-8-13-31(25)49-28-15-17-33-41-42-35(45(33)23-28)29-19-26(38)14-16-30(29)47/h5-15,20-22,25,49H,4,16-19,23-24H2,1-3H3,(H2,41,42,50);7-20,23,47H,6,21-22H2,1-5H3,(H2,39,40,48). The molecule has 1 saturated heterocycles. The zero-order chi connectivity index (χ0) is 71.0. The van der Waals surface area contributed by atoms with Gasteiger partial charge in [0, 0.05) is 99.2 Å². The van der Waals surface area contributed by atoms with E-state index in [1.165, 1.54) is 35.5 Å². The molecule has 1 aliphatic rings. The molecule has 0 bridgehead atoms. The van der Waals surface area contributed by atoms with E-state index in [4.69, 9.17) is 26.5 Å². The topological polar surface area (TPSA) is 234 Å². The van der Waals surface area contributed by atoms with Crippen LogP contribution in [0.4, 0.5) is 25.6 Å². The summed E-state index contributed by atoms with van der Waals surface area (Å²) in [5, 5.41) is 60.5. The van der Waals surface area contributed by atoms with Crippen molar-refractivity contribution in [3.05, 3.63) is 227 Å². The summed E-state index contributed by atoms with van der Waals surface area (Å²) in [6, 6.07) is 51.7. The number of aromatic nitrogens is 10. The maximum Gasteiger partial charge on any atom is 0.320 e. The lowest BCUT2D eigenvalue weighted by Crippen LogP contribution is -2.35. The number of phenols is 2. The molecule has 4 amide bonds. The number of rotatable bonds is 22. The molecule has 7 heterocycles. The Balaban J connectivity index is 0.000000191. The second-order valence-corrected chi connectivity index (χ2v) is 28.9. The number of nitrogens with one attached hydrogen (secondary N) is 4. The molecule has 520 valence electrons. The minimum atomic E-state index is -0.482. The molecule has 1 aliphatic heterocycles. The highest BCUT2D eigenvalue weighted by Gasteiger charge is 2.27. The van der Waals surface area contributed by atoms with Crippen molar-refractivity contribution in [2.75, 3.05) is 51.0 Å². The van der Waals surface area contributed by atoms with Crippen LogP contribution in [0.5, 0.6) is 11.5 Å². The third-order valence-electron chi connectivity index (χ3n) is 17.8. The Morgan fingerprint density at radius 1 is 0.584 bits per heavy atom. The number of halogens is 2. The SMILES string of the molecule is CCC(C)(C)c1cc(NC(=O)NCc2ccccc2Sc2ccc3nnc(-c4cc(Cl)ccc4O)n3c2)n(-c2cccc(CN(C)C)c2)n1.CCC(C)(C)c1cc(NC(=O)NCc2ccccc2Sc2ccc3nnc(-c4cc(F)ccc4O)n3c2)n(-c2cccc(CN3CCOCC3)c2)n1. The number of urea groups is 2. The van der Waals surface area contributed by atoms with Gasteiger partial charge in [-0.25, -0.2) is 23.3 Å². The van der Waals surface area contributed by atoms with Gasteiger partial charge in [0.25, 0.3) is 0 Å². The smallest absolute Gasteiger partial charge is 0.320 e. The first-order valence-corrected chi connectivity index (χ1v) is 35.3. The van der Waals surface area contributed by atoms with Crippen LogP contribution < -0.4 is 21.3 Å². The van der Waals surface area contributed by atoms with Crippen LogP contribution in [-0.4, -0.2) is 121 Å². The summed E-state index contributed by atoms with van der Waals surface area (Å²) >= 11 is 9.28. The van der Waals surface area contributed by atoms with E-state index in [0.29, 0.717) is 51.7 Å². The lowest BCUT2D eigenvalue weighted by Gasteiger charge is -2.26. The summed E-state index contributed by atoms with van der Waals surface area (Å²) < 4.78 is 26.7. The molecule has 21 nitrogen and oxygen atoms in total. The van der Waals surface area contributed by atoms with E-state index in [2.05, 4.69) is 117 Å². The fraction of sp³-hybridized carbons (Fsp3) is 0.263. The van der Waals surface area contributed by atoms with Gasteiger partial charge in [0.15, 0.2) is 22.9 Å². The van der Waals surface area contributed by atoms with Crippen LogP contribution in [0.1, 0.15) is 88.0 Å². The minimum Gasteiger partial charge on any atom is -0.507 e. The molecule has 101 heavy (non-hydrogen) atoms. The summed E-state index contributed by atoms with van der Waals surface area (Å²) in [7, 11) is 4.08. The van der Waals surface area contributed by atoms with Gasteiger partial charge in [-0.15, -0.1) is 20.4 Å². The Bertz CT molecular complexity index is 4950. The first-order chi connectivity index (χ1) is 48.7. The number of hydrogen-bond donors (Lipinski definition) is 6. The molecule has 6 aromatic heterocycles. The van der Waals surface area contributed by atoms with Crippen LogP contribution in [0.3, 0.4) is 0 Å². The minimum absolute atomic E-state index is 0.0673. The van der Waals surface area contributed by atoms with Crippen molar-refractivity contribution in [3.8, 4) is 45.6 Å². The molecule has 1 fully saturated rings. The van der Waals surface area contributed by atoms with Crippen molar-refractivity contribution in [2.24, 2.45) is 0 Å². The van der Waals surface area contributed by atoms with Gasteiger partial charge in [-0.2, -0.15) is 10.2 Å². The van der Waals surface area contributed by atoms with Crippen LogP contribution in [0.2, 0.25) is 5.02 Å². The van der Waals surface area contributed by atoms with Crippen molar-refractivity contribution in [2.45, 2.75) is 111 Å². The zero-order valence-corrected chi connectivity index (χ0v) is 59.8. The number of morpholine rings is 1. The Labute approximate surface area is 599 Å². The molecule has 25 heteroatoms. The van der Waals surface area contributed by atoms with Gasteiger partial charge in [0.1, 0.15) is 29.0 Å². The van der Waals surface area contributed by atoms with Crippen molar-refractivity contribution in [3.63, 3.8) is 0 Å². The van der Waals surface area contributed by atoms with Crippen LogP contribution in [0, 0.1) is 5.82 Å². The molecule has 0 radical (unpaired) electrons. The fourth-order valence-electron chi connectivity index (χ4n) is 11.3. The summed E-state index contributed by atoms with van der Waals surface area (Å²) in [6.45, 7) is 18.4. The number of carbonyl (C=O) groups is 2. The van der Waals surface area contributed by atoms with Gasteiger partial charge in [0.2, 0.25) is 0 Å². The largest absolute Gasteiger partial charge is 0.507 e. The average Bonchev–Trinajstić information content (AvgIpc) is 1.70. The average molecular weight is 1420 g/mol. The van der Waals surface area contributed by atoms with Gasteiger partial charge in [0.05, 0.1) is 47.1 Å². The molecule has 0 atom stereocenters. The Morgan fingerprint density at radius 3 is 1.58 bits per heavy atom. The molecular formula is C76H80ClFN16O5S2. The lowest BCUT2D eigenvalue weighted by atomic mass is 9.87. The number of carbonyl (C=O) groups excluding carboxylic acids is 2. The maximum atomic E-state index is 14.0. The Morgan fingerprint density at radius 2 is 1.07 bits per heavy atom. The molecular weight excluding hydrogens is 1340 g/mol. The predicted octanol–water partition coefficient (Wildman–Crippen LogP) is 15.6. The van der Waals surface area contributed by atoms with Crippen LogP contribution in [0.15, 0.2) is 202 Å². The molecule has 6 aromatic carbocycles. The normalized spacial score (nSPS) is 12.8. The number of fused-ring (bicyclic) bond motifs is 2. The van der Waals surface area contributed by atoms with Crippen LogP contribution >= 0.6 is 35.1 Å². The van der Waals surface area contributed by atoms with E-state index >= 15 is 0 Å². The van der Waals surface area contributed by atoms with E-state index in [0.717, 1.165) is 111 Å². The quantitative estimate of drug-likeness (QED) is 0.0370. The van der Waals surface area contributed by atoms with E-state index in [1.54, 1.807) is 34.4 Å². The Hall–Kier alpha value is -10.1. The number of phenolic OH excluding ortho intramolecular Hbond substituents is 2.